The molecule has 0 spiro atoms. The fourth-order valence-corrected chi connectivity index (χ4v) is 3.00. The van der Waals surface area contributed by atoms with Crippen LogP contribution in [0.25, 0.3) is 0 Å². The van der Waals surface area contributed by atoms with Gasteiger partial charge in [-0.2, -0.15) is 0 Å². The summed E-state index contributed by atoms with van der Waals surface area (Å²) in [5.41, 5.74) is 0. The molecule has 21 heavy (non-hydrogen) atoms. The van der Waals surface area contributed by atoms with Gasteiger partial charge in [-0.15, -0.1) is 0 Å². The van der Waals surface area contributed by atoms with Crippen molar-refractivity contribution in [1.82, 2.24) is 9.80 Å². The van der Waals surface area contributed by atoms with Crippen molar-refractivity contribution < 1.29 is 4.79 Å². The quantitative estimate of drug-likeness (QED) is 0.602. The van der Waals surface area contributed by atoms with Gasteiger partial charge in [-0.1, -0.05) is 46.0 Å². The van der Waals surface area contributed by atoms with Crippen LogP contribution in [0.3, 0.4) is 0 Å². The van der Waals surface area contributed by atoms with E-state index in [0.29, 0.717) is 11.9 Å². The van der Waals surface area contributed by atoms with Crippen LogP contribution in [0.5, 0.6) is 0 Å². The minimum Gasteiger partial charge on any atom is -0.340 e. The zero-order chi connectivity index (χ0) is 15.7. The Morgan fingerprint density at radius 3 is 2.00 bits per heavy atom. The first-order valence-electron chi connectivity index (χ1n) is 9.02. The number of unbranched alkanes of at least 4 members (excludes halogenated alkanes) is 4. The molecular weight excluding hydrogens is 260 g/mol. The second-order valence-electron chi connectivity index (χ2n) is 7.21. The van der Waals surface area contributed by atoms with Gasteiger partial charge >= 0.3 is 0 Å². The Morgan fingerprint density at radius 1 is 0.857 bits per heavy atom. The molecule has 1 heterocycles. The van der Waals surface area contributed by atoms with Crippen LogP contribution in [0.15, 0.2) is 0 Å². The maximum atomic E-state index is 12.2. The van der Waals surface area contributed by atoms with Crippen LogP contribution in [0.1, 0.15) is 72.6 Å². The van der Waals surface area contributed by atoms with Crippen molar-refractivity contribution in [3.8, 4) is 0 Å². The zero-order valence-corrected chi connectivity index (χ0v) is 14.7. The van der Waals surface area contributed by atoms with Gasteiger partial charge in [0.25, 0.3) is 0 Å². The molecule has 1 saturated heterocycles. The van der Waals surface area contributed by atoms with Crippen molar-refractivity contribution in [3.63, 3.8) is 0 Å². The van der Waals surface area contributed by atoms with E-state index in [1.807, 2.05) is 0 Å². The molecule has 1 aliphatic heterocycles. The van der Waals surface area contributed by atoms with Crippen LogP contribution in [-0.2, 0) is 4.79 Å². The Hall–Kier alpha value is -0.570. The summed E-state index contributed by atoms with van der Waals surface area (Å²) in [4.78, 5) is 16.7. The van der Waals surface area contributed by atoms with Crippen molar-refractivity contribution in [2.75, 3.05) is 26.2 Å². The molecule has 0 bridgehead atoms. The number of hydrogen-bond acceptors (Lipinski definition) is 2. The smallest absolute Gasteiger partial charge is 0.222 e. The van der Waals surface area contributed by atoms with Gasteiger partial charge in [-0.3, -0.25) is 9.69 Å². The first-order valence-corrected chi connectivity index (χ1v) is 9.02. The number of nitrogens with zero attached hydrogens (tertiary/aromatic N) is 2. The first kappa shape index (κ1) is 18.5. The highest BCUT2D eigenvalue weighted by atomic mass is 16.2. The molecule has 0 aliphatic carbocycles. The number of carbonyl (C=O) groups excluding carboxylic acids is 1. The number of amides is 1. The van der Waals surface area contributed by atoms with E-state index in [1.165, 1.54) is 32.1 Å². The number of carbonyl (C=O) groups is 1. The minimum absolute atomic E-state index is 0.376. The molecule has 1 aliphatic rings. The lowest BCUT2D eigenvalue weighted by Gasteiger charge is -2.37. The van der Waals surface area contributed by atoms with Crippen molar-refractivity contribution in [1.29, 1.82) is 0 Å². The molecule has 1 rings (SSSR count). The predicted molar refractivity (Wildman–Crippen MR) is 90.4 cm³/mol. The summed E-state index contributed by atoms with van der Waals surface area (Å²) in [6.45, 7) is 13.0. The molecule has 124 valence electrons. The van der Waals surface area contributed by atoms with Crippen molar-refractivity contribution >= 4 is 5.91 Å². The van der Waals surface area contributed by atoms with E-state index >= 15 is 0 Å². The fraction of sp³-hybridized carbons (Fsp3) is 0.944. The number of hydrogen-bond donors (Lipinski definition) is 0. The van der Waals surface area contributed by atoms with Crippen LogP contribution in [0.4, 0.5) is 0 Å². The van der Waals surface area contributed by atoms with Gasteiger partial charge in [-0.05, 0) is 26.2 Å². The van der Waals surface area contributed by atoms with Gasteiger partial charge in [0.15, 0.2) is 0 Å². The van der Waals surface area contributed by atoms with E-state index in [1.54, 1.807) is 0 Å². The van der Waals surface area contributed by atoms with Gasteiger partial charge in [-0.25, -0.2) is 0 Å². The van der Waals surface area contributed by atoms with Gasteiger partial charge in [0, 0.05) is 38.6 Å². The van der Waals surface area contributed by atoms with Gasteiger partial charge in [0.2, 0.25) is 5.91 Å². The van der Waals surface area contributed by atoms with Crippen LogP contribution in [0, 0.1) is 5.92 Å². The molecule has 1 amide bonds. The van der Waals surface area contributed by atoms with Gasteiger partial charge in [0.1, 0.15) is 0 Å². The summed E-state index contributed by atoms with van der Waals surface area (Å²) in [7, 11) is 0. The van der Waals surface area contributed by atoms with E-state index in [-0.39, 0.29) is 0 Å². The predicted octanol–water partition coefficient (Wildman–Crippen LogP) is 3.93. The van der Waals surface area contributed by atoms with Crippen molar-refractivity contribution in [2.45, 2.75) is 78.7 Å². The second kappa shape index (κ2) is 10.2. The van der Waals surface area contributed by atoms with Crippen LogP contribution < -0.4 is 0 Å². The van der Waals surface area contributed by atoms with Crippen LogP contribution in [-0.4, -0.2) is 47.9 Å². The third kappa shape index (κ3) is 7.85. The average molecular weight is 296 g/mol. The average Bonchev–Trinajstić information content (AvgIpc) is 2.45. The van der Waals surface area contributed by atoms with Crippen molar-refractivity contribution in [2.24, 2.45) is 5.92 Å². The lowest BCUT2D eigenvalue weighted by atomic mass is 10.0. The Labute approximate surface area is 132 Å². The first-order chi connectivity index (χ1) is 10.0. The third-order valence-corrected chi connectivity index (χ3v) is 4.57. The van der Waals surface area contributed by atoms with Crippen molar-refractivity contribution in [3.05, 3.63) is 0 Å². The molecule has 0 unspecified atom stereocenters. The highest BCUT2D eigenvalue weighted by Crippen LogP contribution is 2.13. The SMILES string of the molecule is CC(C)CCCCCCCC(=O)N1CCN(C(C)C)CC1. The van der Waals surface area contributed by atoms with E-state index in [4.69, 9.17) is 0 Å². The standard InChI is InChI=1S/C18H36N2O/c1-16(2)10-8-6-5-7-9-11-18(21)20-14-12-19(13-15-20)17(3)4/h16-17H,5-15H2,1-4H3. The Kier molecular flexibility index (Phi) is 8.98. The second-order valence-corrected chi connectivity index (χ2v) is 7.21. The molecule has 1 fully saturated rings. The summed E-state index contributed by atoms with van der Waals surface area (Å²) in [5.74, 6) is 1.21. The lowest BCUT2D eigenvalue weighted by molar-refractivity contribution is -0.133. The maximum absolute atomic E-state index is 12.2. The van der Waals surface area contributed by atoms with E-state index in [9.17, 15) is 4.79 Å². The Bertz CT molecular complexity index is 281. The fourth-order valence-electron chi connectivity index (χ4n) is 3.00. The highest BCUT2D eigenvalue weighted by Gasteiger charge is 2.21. The summed E-state index contributed by atoms with van der Waals surface area (Å²) >= 11 is 0. The molecule has 0 saturated carbocycles. The Balaban J connectivity index is 2.02. The van der Waals surface area contributed by atoms with E-state index in [2.05, 4.69) is 37.5 Å². The topological polar surface area (TPSA) is 23.6 Å². The highest BCUT2D eigenvalue weighted by molar-refractivity contribution is 5.76. The monoisotopic (exact) mass is 296 g/mol. The van der Waals surface area contributed by atoms with Crippen LogP contribution in [0.2, 0.25) is 0 Å². The summed E-state index contributed by atoms with van der Waals surface area (Å²) in [6.07, 6.45) is 8.37. The lowest BCUT2D eigenvalue weighted by Crippen LogP contribution is -2.50. The molecule has 0 aromatic carbocycles. The maximum Gasteiger partial charge on any atom is 0.222 e. The largest absolute Gasteiger partial charge is 0.340 e. The normalized spacial score (nSPS) is 17.0. The zero-order valence-electron chi connectivity index (χ0n) is 14.7. The third-order valence-electron chi connectivity index (χ3n) is 4.57. The number of piperazine rings is 1. The molecule has 0 aromatic rings. The summed E-state index contributed by atoms with van der Waals surface area (Å²) in [6, 6.07) is 0.605. The molecule has 3 nitrogen and oxygen atoms in total. The van der Waals surface area contributed by atoms with Gasteiger partial charge in [0.05, 0.1) is 0 Å². The molecular formula is C18H36N2O. The van der Waals surface area contributed by atoms with Gasteiger partial charge < -0.3 is 4.90 Å². The van der Waals surface area contributed by atoms with E-state index in [0.717, 1.165) is 44.9 Å². The number of rotatable bonds is 9. The molecule has 0 N–H and O–H groups in total. The minimum atomic E-state index is 0.376. The van der Waals surface area contributed by atoms with Crippen LogP contribution >= 0.6 is 0 Å². The summed E-state index contributed by atoms with van der Waals surface area (Å²) < 4.78 is 0. The summed E-state index contributed by atoms with van der Waals surface area (Å²) in [5, 5.41) is 0. The van der Waals surface area contributed by atoms with E-state index < -0.39 is 0 Å². The Morgan fingerprint density at radius 2 is 1.43 bits per heavy atom. The molecule has 0 atom stereocenters. The molecule has 0 radical (unpaired) electrons. The molecule has 3 heteroatoms. The molecule has 0 aromatic heterocycles.